The predicted octanol–water partition coefficient (Wildman–Crippen LogP) is 3.12. The van der Waals surface area contributed by atoms with Gasteiger partial charge in [-0.3, -0.25) is 14.4 Å². The summed E-state index contributed by atoms with van der Waals surface area (Å²) in [6, 6.07) is 11.7. The molecule has 2 aromatic rings. The van der Waals surface area contributed by atoms with Crippen molar-refractivity contribution in [1.82, 2.24) is 14.7 Å². The molecule has 32 heavy (non-hydrogen) atoms. The van der Waals surface area contributed by atoms with Gasteiger partial charge in [0.15, 0.2) is 0 Å². The number of carbonyl (C=O) groups excluding carboxylic acids is 3. The van der Waals surface area contributed by atoms with Crippen LogP contribution in [-0.4, -0.2) is 65.1 Å². The SMILES string of the molecule is Cc1ccc(CN2CC(C(=O)N3CCN(C(=O)c4ccc(F)cc4Cl)CC3)CC2=O)cc1. The highest BCUT2D eigenvalue weighted by molar-refractivity contribution is 6.33. The number of halogens is 2. The molecule has 0 aliphatic carbocycles. The van der Waals surface area contributed by atoms with Crippen molar-refractivity contribution in [2.45, 2.75) is 19.9 Å². The summed E-state index contributed by atoms with van der Waals surface area (Å²) in [5.74, 6) is -1.19. The summed E-state index contributed by atoms with van der Waals surface area (Å²) in [7, 11) is 0. The zero-order chi connectivity index (χ0) is 22.8. The highest BCUT2D eigenvalue weighted by Crippen LogP contribution is 2.24. The van der Waals surface area contributed by atoms with Crippen molar-refractivity contribution in [2.75, 3.05) is 32.7 Å². The molecule has 0 spiro atoms. The molecule has 3 amide bonds. The first kappa shape index (κ1) is 22.3. The average molecular weight is 458 g/mol. The second-order valence-electron chi connectivity index (χ2n) is 8.40. The second kappa shape index (κ2) is 9.28. The van der Waals surface area contributed by atoms with Crippen molar-refractivity contribution in [1.29, 1.82) is 0 Å². The van der Waals surface area contributed by atoms with E-state index in [4.69, 9.17) is 11.6 Å². The third-order valence-electron chi connectivity index (χ3n) is 6.10. The van der Waals surface area contributed by atoms with Crippen LogP contribution in [0.2, 0.25) is 5.02 Å². The van der Waals surface area contributed by atoms with Gasteiger partial charge in [-0.1, -0.05) is 41.4 Å². The van der Waals surface area contributed by atoms with E-state index in [0.717, 1.165) is 17.2 Å². The zero-order valence-electron chi connectivity index (χ0n) is 17.9. The smallest absolute Gasteiger partial charge is 0.255 e. The van der Waals surface area contributed by atoms with Crippen LogP contribution in [-0.2, 0) is 16.1 Å². The highest BCUT2D eigenvalue weighted by atomic mass is 35.5. The molecule has 2 saturated heterocycles. The van der Waals surface area contributed by atoms with Crippen LogP contribution < -0.4 is 0 Å². The van der Waals surface area contributed by atoms with Gasteiger partial charge in [-0.15, -0.1) is 0 Å². The molecule has 2 aliphatic heterocycles. The fourth-order valence-corrected chi connectivity index (χ4v) is 4.47. The van der Waals surface area contributed by atoms with E-state index >= 15 is 0 Å². The van der Waals surface area contributed by atoms with Crippen molar-refractivity contribution in [3.8, 4) is 0 Å². The average Bonchev–Trinajstić information content (AvgIpc) is 3.14. The molecular formula is C24H25ClFN3O3. The highest BCUT2D eigenvalue weighted by Gasteiger charge is 2.37. The fraction of sp³-hybridized carbons (Fsp3) is 0.375. The summed E-state index contributed by atoms with van der Waals surface area (Å²) in [5, 5.41) is 0.0756. The van der Waals surface area contributed by atoms with E-state index in [1.54, 1.807) is 14.7 Å². The van der Waals surface area contributed by atoms with E-state index < -0.39 is 5.82 Å². The lowest BCUT2D eigenvalue weighted by atomic mass is 10.1. The molecule has 2 heterocycles. The number of carbonyl (C=O) groups is 3. The summed E-state index contributed by atoms with van der Waals surface area (Å²) >= 11 is 6.01. The topological polar surface area (TPSA) is 60.9 Å². The van der Waals surface area contributed by atoms with Crippen LogP contribution in [0.1, 0.15) is 27.9 Å². The number of amides is 3. The Balaban J connectivity index is 1.32. The second-order valence-corrected chi connectivity index (χ2v) is 8.81. The van der Waals surface area contributed by atoms with Crippen LogP contribution in [0.15, 0.2) is 42.5 Å². The third-order valence-corrected chi connectivity index (χ3v) is 6.41. The van der Waals surface area contributed by atoms with Crippen molar-refractivity contribution in [3.05, 3.63) is 70.0 Å². The van der Waals surface area contributed by atoms with E-state index in [0.29, 0.717) is 39.3 Å². The van der Waals surface area contributed by atoms with Gasteiger partial charge >= 0.3 is 0 Å². The van der Waals surface area contributed by atoms with Gasteiger partial charge in [0.1, 0.15) is 5.82 Å². The summed E-state index contributed by atoms with van der Waals surface area (Å²) in [4.78, 5) is 43.3. The normalized spacial score (nSPS) is 18.9. The van der Waals surface area contributed by atoms with E-state index in [2.05, 4.69) is 0 Å². The maximum atomic E-state index is 13.3. The van der Waals surface area contributed by atoms with Crippen molar-refractivity contribution in [3.63, 3.8) is 0 Å². The molecule has 4 rings (SSSR count). The molecule has 1 unspecified atom stereocenters. The van der Waals surface area contributed by atoms with E-state index in [9.17, 15) is 18.8 Å². The number of hydrogen-bond donors (Lipinski definition) is 0. The minimum Gasteiger partial charge on any atom is -0.339 e. The summed E-state index contributed by atoms with van der Waals surface area (Å²) < 4.78 is 13.3. The van der Waals surface area contributed by atoms with Crippen LogP contribution >= 0.6 is 11.6 Å². The molecule has 6 nitrogen and oxygen atoms in total. The van der Waals surface area contributed by atoms with Gasteiger partial charge in [-0.05, 0) is 30.7 Å². The lowest BCUT2D eigenvalue weighted by Gasteiger charge is -2.36. The molecule has 2 fully saturated rings. The maximum Gasteiger partial charge on any atom is 0.255 e. The zero-order valence-corrected chi connectivity index (χ0v) is 18.6. The molecule has 2 aromatic carbocycles. The summed E-state index contributed by atoms with van der Waals surface area (Å²) in [6.07, 6.45) is 0.217. The molecule has 1 atom stereocenters. The summed E-state index contributed by atoms with van der Waals surface area (Å²) in [6.45, 7) is 4.46. The van der Waals surface area contributed by atoms with Gasteiger partial charge in [0.05, 0.1) is 16.5 Å². The van der Waals surface area contributed by atoms with Crippen LogP contribution in [0.4, 0.5) is 4.39 Å². The molecular weight excluding hydrogens is 433 g/mol. The Kier molecular flexibility index (Phi) is 6.46. The maximum absolute atomic E-state index is 13.3. The molecule has 0 bridgehead atoms. The number of benzene rings is 2. The Bertz CT molecular complexity index is 1040. The van der Waals surface area contributed by atoms with Crippen molar-refractivity contribution in [2.24, 2.45) is 5.92 Å². The molecule has 168 valence electrons. The van der Waals surface area contributed by atoms with E-state index in [1.807, 2.05) is 31.2 Å². The lowest BCUT2D eigenvalue weighted by Crippen LogP contribution is -2.52. The Hall–Kier alpha value is -2.93. The Morgan fingerprint density at radius 2 is 1.69 bits per heavy atom. The molecule has 0 saturated carbocycles. The van der Waals surface area contributed by atoms with Gasteiger partial charge < -0.3 is 14.7 Å². The Labute approximate surface area is 191 Å². The first-order valence-electron chi connectivity index (χ1n) is 10.7. The first-order chi connectivity index (χ1) is 15.3. The molecule has 0 aromatic heterocycles. The molecule has 8 heteroatoms. The number of likely N-dealkylation sites (tertiary alicyclic amines) is 1. The van der Waals surface area contributed by atoms with Crippen molar-refractivity contribution < 1.29 is 18.8 Å². The molecule has 2 aliphatic rings. The fourth-order valence-electron chi connectivity index (χ4n) is 4.23. The van der Waals surface area contributed by atoms with Gasteiger partial charge in [0.2, 0.25) is 11.8 Å². The van der Waals surface area contributed by atoms with Crippen LogP contribution in [0, 0.1) is 18.7 Å². The molecule has 0 radical (unpaired) electrons. The number of aryl methyl sites for hydroxylation is 1. The summed E-state index contributed by atoms with van der Waals surface area (Å²) in [5.41, 5.74) is 2.46. The predicted molar refractivity (Wildman–Crippen MR) is 119 cm³/mol. The third kappa shape index (κ3) is 4.78. The quantitative estimate of drug-likeness (QED) is 0.708. The lowest BCUT2D eigenvalue weighted by molar-refractivity contribution is -0.137. The largest absolute Gasteiger partial charge is 0.339 e. The van der Waals surface area contributed by atoms with Gasteiger partial charge in [0, 0.05) is 45.7 Å². The monoisotopic (exact) mass is 457 g/mol. The number of nitrogens with zero attached hydrogens (tertiary/aromatic N) is 3. The van der Waals surface area contributed by atoms with Crippen molar-refractivity contribution >= 4 is 29.3 Å². The number of rotatable bonds is 4. The van der Waals surface area contributed by atoms with Gasteiger partial charge in [-0.2, -0.15) is 0 Å². The number of piperazine rings is 1. The Morgan fingerprint density at radius 3 is 2.34 bits per heavy atom. The first-order valence-corrected chi connectivity index (χ1v) is 11.1. The van der Waals surface area contributed by atoms with Crippen LogP contribution in [0.5, 0.6) is 0 Å². The van der Waals surface area contributed by atoms with E-state index in [-0.39, 0.29) is 40.6 Å². The van der Waals surface area contributed by atoms with Crippen LogP contribution in [0.25, 0.3) is 0 Å². The Morgan fingerprint density at radius 1 is 1.03 bits per heavy atom. The number of hydrogen-bond acceptors (Lipinski definition) is 3. The van der Waals surface area contributed by atoms with Gasteiger partial charge in [0.25, 0.3) is 5.91 Å². The van der Waals surface area contributed by atoms with Crippen LogP contribution in [0.3, 0.4) is 0 Å². The standard InChI is InChI=1S/C24H25ClFN3O3/c1-16-2-4-17(5-3-16)14-29-15-18(12-22(29)30)23(31)27-8-10-28(11-9-27)24(32)20-7-6-19(26)13-21(20)25/h2-7,13,18H,8-12,14-15H2,1H3. The molecule has 0 N–H and O–H groups in total. The minimum atomic E-state index is -0.496. The van der Waals surface area contributed by atoms with E-state index in [1.165, 1.54) is 12.1 Å². The van der Waals surface area contributed by atoms with Gasteiger partial charge in [-0.25, -0.2) is 4.39 Å². The minimum absolute atomic E-state index is 0.0105.